The molecule has 0 aliphatic heterocycles. The van der Waals surface area contributed by atoms with Crippen LogP contribution in [-0.2, 0) is 11.7 Å². The summed E-state index contributed by atoms with van der Waals surface area (Å²) in [4.78, 5) is 0. The second-order valence-corrected chi connectivity index (χ2v) is 6.58. The van der Waals surface area contributed by atoms with Gasteiger partial charge in [-0.15, -0.1) is 0 Å². The van der Waals surface area contributed by atoms with Crippen molar-refractivity contribution in [2.24, 2.45) is 0 Å². The molecule has 0 aromatic heterocycles. The normalized spacial score (nSPS) is 14.1. The van der Waals surface area contributed by atoms with E-state index in [1.165, 1.54) is 47.6 Å². The van der Waals surface area contributed by atoms with Crippen LogP contribution < -0.4 is 0 Å². The average molecular weight is 292 g/mol. The van der Waals surface area contributed by atoms with Gasteiger partial charge in [0.25, 0.3) is 0 Å². The zero-order chi connectivity index (χ0) is 16.0. The van der Waals surface area contributed by atoms with Crippen LogP contribution in [0.5, 0.6) is 0 Å². The standard InChI is InChI=1S/C21H29B/c1-4-7-8-10-17-13-14-19-18(16-17)11-9-12-20(19)21(22,6-3)15-5-2/h9,11-14,16H,4-8,10,15H2,1-3H3. The second kappa shape index (κ2) is 7.86. The number of unbranched alkanes of at least 4 members (excludes halogenated alkanes) is 2. The lowest BCUT2D eigenvalue weighted by molar-refractivity contribution is 0.531. The summed E-state index contributed by atoms with van der Waals surface area (Å²) in [6.45, 7) is 6.67. The Labute approximate surface area is 137 Å². The van der Waals surface area contributed by atoms with Crippen LogP contribution in [0.25, 0.3) is 10.8 Å². The quantitative estimate of drug-likeness (QED) is 0.404. The summed E-state index contributed by atoms with van der Waals surface area (Å²) in [5.41, 5.74) is 2.77. The van der Waals surface area contributed by atoms with E-state index in [2.05, 4.69) is 57.2 Å². The van der Waals surface area contributed by atoms with Crippen LogP contribution >= 0.6 is 0 Å². The molecule has 2 rings (SSSR count). The number of fused-ring (bicyclic) bond motifs is 1. The maximum atomic E-state index is 6.73. The summed E-state index contributed by atoms with van der Waals surface area (Å²) in [5, 5.41) is 2.48. The molecular weight excluding hydrogens is 263 g/mol. The molecule has 2 aromatic carbocycles. The molecule has 116 valence electrons. The first-order valence-corrected chi connectivity index (χ1v) is 8.95. The highest BCUT2D eigenvalue weighted by Crippen LogP contribution is 2.35. The van der Waals surface area contributed by atoms with Crippen molar-refractivity contribution < 1.29 is 0 Å². The van der Waals surface area contributed by atoms with Gasteiger partial charge in [-0.25, -0.2) is 0 Å². The molecule has 0 amide bonds. The molecule has 2 radical (unpaired) electrons. The monoisotopic (exact) mass is 292 g/mol. The van der Waals surface area contributed by atoms with Gasteiger partial charge < -0.3 is 0 Å². The topological polar surface area (TPSA) is 0 Å². The van der Waals surface area contributed by atoms with E-state index in [9.17, 15) is 0 Å². The van der Waals surface area contributed by atoms with Crippen LogP contribution in [0.2, 0.25) is 0 Å². The smallest absolute Gasteiger partial charge is 0.0654 e. The Morgan fingerprint density at radius 2 is 1.77 bits per heavy atom. The highest BCUT2D eigenvalue weighted by atomic mass is 14.2. The largest absolute Gasteiger partial charge is 0.0810 e. The van der Waals surface area contributed by atoms with Gasteiger partial charge in [0.15, 0.2) is 0 Å². The van der Waals surface area contributed by atoms with E-state index in [4.69, 9.17) is 7.85 Å². The Kier molecular flexibility index (Phi) is 6.11. The van der Waals surface area contributed by atoms with Crippen LogP contribution in [0, 0.1) is 0 Å². The highest BCUT2D eigenvalue weighted by Gasteiger charge is 2.24. The third-order valence-corrected chi connectivity index (χ3v) is 4.88. The van der Waals surface area contributed by atoms with Crippen LogP contribution in [0.3, 0.4) is 0 Å². The van der Waals surface area contributed by atoms with Gasteiger partial charge in [-0.05, 0) is 40.1 Å². The van der Waals surface area contributed by atoms with Gasteiger partial charge in [0.05, 0.1) is 7.85 Å². The lowest BCUT2D eigenvalue weighted by Crippen LogP contribution is -2.25. The fraction of sp³-hybridized carbons (Fsp3) is 0.524. The van der Waals surface area contributed by atoms with Crippen molar-refractivity contribution in [3.05, 3.63) is 47.5 Å². The molecule has 1 heteroatoms. The van der Waals surface area contributed by atoms with Gasteiger partial charge in [0.2, 0.25) is 0 Å². The highest BCUT2D eigenvalue weighted by molar-refractivity contribution is 6.17. The van der Waals surface area contributed by atoms with E-state index in [1.54, 1.807) is 0 Å². The summed E-state index contributed by atoms with van der Waals surface area (Å²) >= 11 is 0. The maximum Gasteiger partial charge on any atom is 0.0810 e. The molecular formula is C21H29B. The van der Waals surface area contributed by atoms with Crippen LogP contribution in [0.1, 0.15) is 70.4 Å². The molecule has 0 spiro atoms. The summed E-state index contributed by atoms with van der Waals surface area (Å²) in [7, 11) is 6.73. The number of rotatable bonds is 8. The summed E-state index contributed by atoms with van der Waals surface area (Å²) in [5.74, 6) is 0. The lowest BCUT2D eigenvalue weighted by atomic mass is 9.59. The number of hydrogen-bond acceptors (Lipinski definition) is 0. The van der Waals surface area contributed by atoms with E-state index >= 15 is 0 Å². The van der Waals surface area contributed by atoms with Gasteiger partial charge >= 0.3 is 0 Å². The molecule has 0 nitrogen and oxygen atoms in total. The Morgan fingerprint density at radius 1 is 0.955 bits per heavy atom. The molecule has 0 N–H and O–H groups in total. The lowest BCUT2D eigenvalue weighted by Gasteiger charge is -2.30. The van der Waals surface area contributed by atoms with E-state index in [0.717, 1.165) is 19.3 Å². The van der Waals surface area contributed by atoms with Crippen molar-refractivity contribution in [3.8, 4) is 0 Å². The molecule has 1 atom stereocenters. The summed E-state index contributed by atoms with van der Waals surface area (Å²) in [6, 6.07) is 13.6. The van der Waals surface area contributed by atoms with Crippen molar-refractivity contribution >= 4 is 18.6 Å². The van der Waals surface area contributed by atoms with E-state index in [0.29, 0.717) is 0 Å². The van der Waals surface area contributed by atoms with Crippen LogP contribution in [0.15, 0.2) is 36.4 Å². The average Bonchev–Trinajstić information content (AvgIpc) is 2.54. The molecule has 0 bridgehead atoms. The fourth-order valence-corrected chi connectivity index (χ4v) is 3.45. The van der Waals surface area contributed by atoms with Gasteiger partial charge in [0, 0.05) is 0 Å². The second-order valence-electron chi connectivity index (χ2n) is 6.58. The molecule has 0 fully saturated rings. The van der Waals surface area contributed by atoms with Crippen molar-refractivity contribution in [1.29, 1.82) is 0 Å². The first-order valence-electron chi connectivity index (χ1n) is 8.95. The van der Waals surface area contributed by atoms with Gasteiger partial charge in [-0.2, -0.15) is 0 Å². The van der Waals surface area contributed by atoms with Gasteiger partial charge in [-0.1, -0.05) is 89.3 Å². The zero-order valence-corrected chi connectivity index (χ0v) is 14.5. The molecule has 0 saturated carbocycles. The Hall–Kier alpha value is -1.24. The molecule has 0 aliphatic carbocycles. The van der Waals surface area contributed by atoms with Gasteiger partial charge in [-0.3, -0.25) is 0 Å². The van der Waals surface area contributed by atoms with E-state index in [1.807, 2.05) is 0 Å². The summed E-state index contributed by atoms with van der Waals surface area (Å²) in [6.07, 6.45) is 8.21. The SMILES string of the molecule is [B]C(CC)(CCC)c1cccc2cc(CCCCC)ccc12. The predicted octanol–water partition coefficient (Wildman–Crippen LogP) is 6.15. The first-order chi connectivity index (χ1) is 10.6. The number of aryl methyl sites for hydroxylation is 1. The molecule has 0 heterocycles. The van der Waals surface area contributed by atoms with Crippen LogP contribution in [0.4, 0.5) is 0 Å². The molecule has 1 unspecified atom stereocenters. The molecule has 0 saturated heterocycles. The number of benzene rings is 2. The Balaban J connectivity index is 2.37. The zero-order valence-electron chi connectivity index (χ0n) is 14.5. The van der Waals surface area contributed by atoms with Crippen molar-refractivity contribution in [1.82, 2.24) is 0 Å². The Bertz CT molecular complexity index is 602. The minimum Gasteiger partial charge on any atom is -0.0654 e. The van der Waals surface area contributed by atoms with E-state index < -0.39 is 0 Å². The third-order valence-electron chi connectivity index (χ3n) is 4.88. The molecule has 2 aromatic rings. The Morgan fingerprint density at radius 3 is 2.45 bits per heavy atom. The molecule has 22 heavy (non-hydrogen) atoms. The third kappa shape index (κ3) is 3.75. The summed E-state index contributed by atoms with van der Waals surface area (Å²) < 4.78 is 0. The van der Waals surface area contributed by atoms with Crippen molar-refractivity contribution in [2.45, 2.75) is 71.0 Å². The predicted molar refractivity (Wildman–Crippen MR) is 99.8 cm³/mol. The minimum atomic E-state index is -0.196. The number of hydrogen-bond donors (Lipinski definition) is 0. The van der Waals surface area contributed by atoms with Gasteiger partial charge in [0.1, 0.15) is 0 Å². The van der Waals surface area contributed by atoms with Crippen LogP contribution in [-0.4, -0.2) is 7.85 Å². The maximum absolute atomic E-state index is 6.73. The minimum absolute atomic E-state index is 0.196. The van der Waals surface area contributed by atoms with Crippen molar-refractivity contribution in [3.63, 3.8) is 0 Å². The fourth-order valence-electron chi connectivity index (χ4n) is 3.45. The first kappa shape index (κ1) is 17.1. The molecule has 0 aliphatic rings. The van der Waals surface area contributed by atoms with Crippen molar-refractivity contribution in [2.75, 3.05) is 0 Å². The van der Waals surface area contributed by atoms with E-state index in [-0.39, 0.29) is 5.31 Å².